The lowest BCUT2D eigenvalue weighted by atomic mass is 9.94. The second-order valence-electron chi connectivity index (χ2n) is 5.83. The molecule has 4 nitrogen and oxygen atoms in total. The normalized spacial score (nSPS) is 10.8. The van der Waals surface area contributed by atoms with Gasteiger partial charge in [-0.2, -0.15) is 0 Å². The molecule has 124 valence electrons. The second kappa shape index (κ2) is 5.96. The van der Waals surface area contributed by atoms with Gasteiger partial charge in [-0.1, -0.05) is 12.1 Å². The van der Waals surface area contributed by atoms with Crippen molar-refractivity contribution in [3.05, 3.63) is 47.5 Å². The average molecular weight is 324 g/mol. The third-order valence-electron chi connectivity index (χ3n) is 4.38. The Hall–Kier alpha value is -2.88. The summed E-state index contributed by atoms with van der Waals surface area (Å²) in [4.78, 5) is 0. The highest BCUT2D eigenvalue weighted by atomic mass is 16.5. The van der Waals surface area contributed by atoms with E-state index >= 15 is 0 Å². The van der Waals surface area contributed by atoms with E-state index in [1.54, 1.807) is 12.1 Å². The van der Waals surface area contributed by atoms with Gasteiger partial charge in [-0.25, -0.2) is 0 Å². The summed E-state index contributed by atoms with van der Waals surface area (Å²) in [5.74, 6) is 1.17. The molecule has 3 rings (SSSR count). The molecule has 0 saturated heterocycles. The van der Waals surface area contributed by atoms with Gasteiger partial charge in [0.15, 0.2) is 23.0 Å². The summed E-state index contributed by atoms with van der Waals surface area (Å²) in [7, 11) is 3.07. The zero-order valence-electron chi connectivity index (χ0n) is 14.2. The topological polar surface area (TPSA) is 58.9 Å². The smallest absolute Gasteiger partial charge is 0.161 e. The Kier molecular flexibility index (Phi) is 3.97. The highest BCUT2D eigenvalue weighted by Crippen LogP contribution is 2.39. The molecule has 0 unspecified atom stereocenters. The molecule has 4 heteroatoms. The maximum absolute atomic E-state index is 10.3. The van der Waals surface area contributed by atoms with Gasteiger partial charge in [-0.05, 0) is 65.6 Å². The fraction of sp³-hybridized carbons (Fsp3) is 0.200. The molecule has 0 spiro atoms. The Balaban J connectivity index is 2.24. The molecular formula is C20H20O4. The molecule has 0 aliphatic heterocycles. The number of hydrogen-bond acceptors (Lipinski definition) is 4. The number of benzene rings is 3. The average Bonchev–Trinajstić information content (AvgIpc) is 2.57. The molecule has 0 aromatic heterocycles. The van der Waals surface area contributed by atoms with Gasteiger partial charge in [-0.3, -0.25) is 0 Å². The van der Waals surface area contributed by atoms with E-state index in [4.69, 9.17) is 9.47 Å². The first kappa shape index (κ1) is 16.0. The third-order valence-corrected chi connectivity index (χ3v) is 4.38. The van der Waals surface area contributed by atoms with E-state index in [1.807, 2.05) is 38.1 Å². The highest BCUT2D eigenvalue weighted by Gasteiger charge is 2.13. The zero-order valence-corrected chi connectivity index (χ0v) is 14.2. The number of phenolic OH excluding ortho intramolecular Hbond substituents is 2. The number of aromatic hydroxyl groups is 2. The number of methoxy groups -OCH3 is 2. The Morgan fingerprint density at radius 3 is 2.21 bits per heavy atom. The summed E-state index contributed by atoms with van der Waals surface area (Å²) in [6.45, 7) is 3.86. The predicted molar refractivity (Wildman–Crippen MR) is 95.3 cm³/mol. The molecule has 0 aliphatic rings. The van der Waals surface area contributed by atoms with E-state index in [0.717, 1.165) is 33.0 Å². The summed E-state index contributed by atoms with van der Waals surface area (Å²) in [5.41, 5.74) is 3.72. The molecule has 3 aromatic rings. The van der Waals surface area contributed by atoms with E-state index in [-0.39, 0.29) is 11.5 Å². The molecule has 0 amide bonds. The number of fused-ring (bicyclic) bond motifs is 1. The first-order valence-electron chi connectivity index (χ1n) is 7.64. The van der Waals surface area contributed by atoms with Gasteiger partial charge in [0.05, 0.1) is 14.2 Å². The molecule has 0 radical (unpaired) electrons. The van der Waals surface area contributed by atoms with Gasteiger partial charge in [-0.15, -0.1) is 0 Å². The third kappa shape index (κ3) is 2.50. The SMILES string of the molecule is COc1cc2cc(-c3ccc(OC)c(O)c3C)cc(C)c2cc1O. The molecule has 0 aliphatic carbocycles. The minimum absolute atomic E-state index is 0.124. The number of hydrogen-bond donors (Lipinski definition) is 2. The standard InChI is InChI=1S/C20H20O4/c1-11-7-13(15-5-6-18(23-3)20(22)12(15)2)8-14-9-19(24-4)17(21)10-16(11)14/h5-10,21-22H,1-4H3. The predicted octanol–water partition coefficient (Wildman–Crippen LogP) is 4.55. The molecule has 0 fully saturated rings. The minimum Gasteiger partial charge on any atom is -0.504 e. The van der Waals surface area contributed by atoms with Gasteiger partial charge in [0.1, 0.15) is 0 Å². The summed E-state index contributed by atoms with van der Waals surface area (Å²) in [6, 6.07) is 11.3. The van der Waals surface area contributed by atoms with Crippen LogP contribution in [0.5, 0.6) is 23.0 Å². The van der Waals surface area contributed by atoms with Gasteiger partial charge >= 0.3 is 0 Å². The highest BCUT2D eigenvalue weighted by molar-refractivity contribution is 5.93. The first-order valence-corrected chi connectivity index (χ1v) is 7.64. The molecule has 0 heterocycles. The van der Waals surface area contributed by atoms with Crippen molar-refractivity contribution in [3.63, 3.8) is 0 Å². The van der Waals surface area contributed by atoms with Crippen LogP contribution < -0.4 is 9.47 Å². The van der Waals surface area contributed by atoms with E-state index in [1.165, 1.54) is 14.2 Å². The van der Waals surface area contributed by atoms with Crippen LogP contribution in [-0.4, -0.2) is 24.4 Å². The maximum Gasteiger partial charge on any atom is 0.161 e. The van der Waals surface area contributed by atoms with Crippen LogP contribution in [0.15, 0.2) is 36.4 Å². The Morgan fingerprint density at radius 1 is 0.833 bits per heavy atom. The van der Waals surface area contributed by atoms with Crippen LogP contribution in [0.1, 0.15) is 11.1 Å². The molecule has 3 aromatic carbocycles. The van der Waals surface area contributed by atoms with Crippen molar-refractivity contribution >= 4 is 10.8 Å². The van der Waals surface area contributed by atoms with Gasteiger partial charge < -0.3 is 19.7 Å². The molecule has 0 bridgehead atoms. The first-order chi connectivity index (χ1) is 11.5. The number of phenols is 2. The lowest BCUT2D eigenvalue weighted by molar-refractivity contribution is 0.372. The largest absolute Gasteiger partial charge is 0.504 e. The van der Waals surface area contributed by atoms with Crippen LogP contribution in [-0.2, 0) is 0 Å². The van der Waals surface area contributed by atoms with Crippen LogP contribution in [0.3, 0.4) is 0 Å². The number of ether oxygens (including phenoxy) is 2. The van der Waals surface area contributed by atoms with Crippen molar-refractivity contribution in [3.8, 4) is 34.1 Å². The summed E-state index contributed by atoms with van der Waals surface area (Å²) >= 11 is 0. The van der Waals surface area contributed by atoms with Gasteiger partial charge in [0, 0.05) is 5.56 Å². The molecule has 2 N–H and O–H groups in total. The van der Waals surface area contributed by atoms with E-state index in [2.05, 4.69) is 0 Å². The molecular weight excluding hydrogens is 304 g/mol. The molecule has 0 saturated carbocycles. The van der Waals surface area contributed by atoms with Crippen LogP contribution in [0, 0.1) is 13.8 Å². The van der Waals surface area contributed by atoms with Crippen molar-refractivity contribution in [1.29, 1.82) is 0 Å². The quantitative estimate of drug-likeness (QED) is 0.742. The summed E-state index contributed by atoms with van der Waals surface area (Å²) in [6.07, 6.45) is 0. The molecule has 24 heavy (non-hydrogen) atoms. The van der Waals surface area contributed by atoms with Crippen molar-refractivity contribution in [2.75, 3.05) is 14.2 Å². The summed E-state index contributed by atoms with van der Waals surface area (Å²) in [5, 5.41) is 22.2. The zero-order chi connectivity index (χ0) is 17.4. The summed E-state index contributed by atoms with van der Waals surface area (Å²) < 4.78 is 10.4. The van der Waals surface area contributed by atoms with Crippen LogP contribution in [0.25, 0.3) is 21.9 Å². The van der Waals surface area contributed by atoms with Crippen molar-refractivity contribution in [1.82, 2.24) is 0 Å². The fourth-order valence-corrected chi connectivity index (χ4v) is 3.04. The Morgan fingerprint density at radius 2 is 1.54 bits per heavy atom. The van der Waals surface area contributed by atoms with Crippen LogP contribution in [0.4, 0.5) is 0 Å². The minimum atomic E-state index is 0.124. The monoisotopic (exact) mass is 324 g/mol. The lowest BCUT2D eigenvalue weighted by Gasteiger charge is -2.14. The maximum atomic E-state index is 10.3. The fourth-order valence-electron chi connectivity index (χ4n) is 3.04. The van der Waals surface area contributed by atoms with Crippen LogP contribution in [0.2, 0.25) is 0 Å². The lowest BCUT2D eigenvalue weighted by Crippen LogP contribution is -1.91. The van der Waals surface area contributed by atoms with Gasteiger partial charge in [0.2, 0.25) is 0 Å². The van der Waals surface area contributed by atoms with Crippen molar-refractivity contribution in [2.45, 2.75) is 13.8 Å². The van der Waals surface area contributed by atoms with E-state index in [0.29, 0.717) is 11.5 Å². The Bertz CT molecular complexity index is 929. The van der Waals surface area contributed by atoms with Crippen molar-refractivity contribution < 1.29 is 19.7 Å². The van der Waals surface area contributed by atoms with Crippen molar-refractivity contribution in [2.24, 2.45) is 0 Å². The number of aryl methyl sites for hydroxylation is 1. The Labute approximate surface area is 140 Å². The van der Waals surface area contributed by atoms with Gasteiger partial charge in [0.25, 0.3) is 0 Å². The van der Waals surface area contributed by atoms with Crippen LogP contribution >= 0.6 is 0 Å². The number of rotatable bonds is 3. The van der Waals surface area contributed by atoms with E-state index < -0.39 is 0 Å². The second-order valence-corrected chi connectivity index (χ2v) is 5.83. The molecule has 0 atom stereocenters. The van der Waals surface area contributed by atoms with E-state index in [9.17, 15) is 10.2 Å².